The van der Waals surface area contributed by atoms with Crippen molar-refractivity contribution in [2.75, 3.05) is 13.2 Å². The smallest absolute Gasteiger partial charge is 0.267 e. The van der Waals surface area contributed by atoms with Crippen LogP contribution in [0.4, 0.5) is 4.39 Å². The number of ether oxygens (including phenoxy) is 2. The lowest BCUT2D eigenvalue weighted by Gasteiger charge is -2.13. The molecule has 2 heterocycles. The number of nitrogens with zero attached hydrogens (tertiary/aromatic N) is 2. The van der Waals surface area contributed by atoms with E-state index in [1.807, 2.05) is 6.07 Å². The first-order chi connectivity index (χ1) is 13.1. The summed E-state index contributed by atoms with van der Waals surface area (Å²) in [6.07, 6.45) is 5.39. The summed E-state index contributed by atoms with van der Waals surface area (Å²) in [4.78, 5) is 19.4. The molecular weight excluding hydrogens is 349 g/mol. The average molecular weight is 367 g/mol. The summed E-state index contributed by atoms with van der Waals surface area (Å²) >= 11 is 0. The van der Waals surface area contributed by atoms with Gasteiger partial charge in [-0.3, -0.25) is 9.78 Å². The molecule has 0 atom stereocenters. The summed E-state index contributed by atoms with van der Waals surface area (Å²) in [5.41, 5.74) is 6.73. The third kappa shape index (κ3) is 5.01. The van der Waals surface area contributed by atoms with Gasteiger partial charge >= 0.3 is 0 Å². The third-order valence-corrected chi connectivity index (χ3v) is 3.72. The van der Waals surface area contributed by atoms with Crippen LogP contribution in [0.5, 0.6) is 11.5 Å². The van der Waals surface area contributed by atoms with Crippen LogP contribution in [0.25, 0.3) is 11.1 Å². The SMILES string of the molecule is NC(=O)c1cc(-c2ccc(F)cc2)c(OCCCOc2cccnc2)cn1. The van der Waals surface area contributed by atoms with Crippen LogP contribution < -0.4 is 15.2 Å². The molecule has 0 saturated carbocycles. The van der Waals surface area contributed by atoms with Crippen molar-refractivity contribution in [3.05, 3.63) is 72.6 Å². The molecule has 3 aromatic rings. The van der Waals surface area contributed by atoms with Crippen molar-refractivity contribution in [2.24, 2.45) is 5.73 Å². The number of carbonyl (C=O) groups excluding carboxylic acids is 1. The molecule has 7 heteroatoms. The van der Waals surface area contributed by atoms with Gasteiger partial charge in [0.25, 0.3) is 5.91 Å². The van der Waals surface area contributed by atoms with Gasteiger partial charge in [0.05, 0.1) is 25.6 Å². The summed E-state index contributed by atoms with van der Waals surface area (Å²) in [5.74, 6) is 0.178. The average Bonchev–Trinajstić information content (AvgIpc) is 2.69. The number of primary amides is 1. The van der Waals surface area contributed by atoms with E-state index in [1.165, 1.54) is 24.4 Å². The van der Waals surface area contributed by atoms with Gasteiger partial charge in [-0.05, 0) is 35.9 Å². The molecule has 0 aliphatic heterocycles. The van der Waals surface area contributed by atoms with Crippen LogP contribution in [-0.4, -0.2) is 29.1 Å². The molecule has 1 amide bonds. The van der Waals surface area contributed by atoms with Gasteiger partial charge in [-0.2, -0.15) is 0 Å². The van der Waals surface area contributed by atoms with Crippen molar-refractivity contribution in [1.29, 1.82) is 0 Å². The molecule has 0 spiro atoms. The molecule has 0 bridgehead atoms. The molecule has 0 aliphatic carbocycles. The van der Waals surface area contributed by atoms with Crippen molar-refractivity contribution in [3.63, 3.8) is 0 Å². The van der Waals surface area contributed by atoms with Gasteiger partial charge in [0, 0.05) is 18.2 Å². The maximum absolute atomic E-state index is 13.2. The number of rotatable bonds is 8. The highest BCUT2D eigenvalue weighted by atomic mass is 19.1. The van der Waals surface area contributed by atoms with Crippen molar-refractivity contribution in [3.8, 4) is 22.6 Å². The van der Waals surface area contributed by atoms with Crippen molar-refractivity contribution < 1.29 is 18.7 Å². The van der Waals surface area contributed by atoms with Crippen molar-refractivity contribution in [1.82, 2.24) is 9.97 Å². The Balaban J connectivity index is 1.67. The van der Waals surface area contributed by atoms with Gasteiger partial charge < -0.3 is 15.2 Å². The highest BCUT2D eigenvalue weighted by Crippen LogP contribution is 2.30. The van der Waals surface area contributed by atoms with Gasteiger partial charge in [-0.25, -0.2) is 9.37 Å². The minimum absolute atomic E-state index is 0.113. The predicted molar refractivity (Wildman–Crippen MR) is 98.0 cm³/mol. The monoisotopic (exact) mass is 367 g/mol. The molecular formula is C20H18FN3O3. The summed E-state index contributed by atoms with van der Waals surface area (Å²) in [7, 11) is 0. The zero-order valence-electron chi connectivity index (χ0n) is 14.5. The number of halogens is 1. The molecule has 3 rings (SSSR count). The molecule has 2 N–H and O–H groups in total. The van der Waals surface area contributed by atoms with Crippen LogP contribution in [0, 0.1) is 5.82 Å². The minimum Gasteiger partial charge on any atom is -0.492 e. The Morgan fingerprint density at radius 2 is 1.85 bits per heavy atom. The second-order valence-electron chi connectivity index (χ2n) is 5.68. The van der Waals surface area contributed by atoms with Crippen LogP contribution in [-0.2, 0) is 0 Å². The van der Waals surface area contributed by atoms with E-state index in [0.29, 0.717) is 42.3 Å². The molecule has 1 aromatic carbocycles. The second-order valence-corrected chi connectivity index (χ2v) is 5.68. The lowest BCUT2D eigenvalue weighted by atomic mass is 10.0. The number of hydrogen-bond acceptors (Lipinski definition) is 5. The summed E-state index contributed by atoms with van der Waals surface area (Å²) in [6, 6.07) is 11.1. The summed E-state index contributed by atoms with van der Waals surface area (Å²) < 4.78 is 24.6. The van der Waals surface area contributed by atoms with Crippen LogP contribution in [0.2, 0.25) is 0 Å². The normalized spacial score (nSPS) is 10.4. The Morgan fingerprint density at radius 3 is 2.56 bits per heavy atom. The van der Waals surface area contributed by atoms with Crippen LogP contribution in [0.15, 0.2) is 61.1 Å². The maximum atomic E-state index is 13.2. The quantitative estimate of drug-likeness (QED) is 0.618. The topological polar surface area (TPSA) is 87.3 Å². The largest absolute Gasteiger partial charge is 0.492 e. The van der Waals surface area contributed by atoms with E-state index < -0.39 is 5.91 Å². The Hall–Kier alpha value is -3.48. The van der Waals surface area contributed by atoms with E-state index >= 15 is 0 Å². The number of amides is 1. The van der Waals surface area contributed by atoms with Gasteiger partial charge in [-0.15, -0.1) is 0 Å². The number of hydrogen-bond donors (Lipinski definition) is 1. The molecule has 0 unspecified atom stereocenters. The first-order valence-corrected chi connectivity index (χ1v) is 8.35. The predicted octanol–water partition coefficient (Wildman–Crippen LogP) is 3.23. The molecule has 0 saturated heterocycles. The minimum atomic E-state index is -0.644. The Morgan fingerprint density at radius 1 is 1.07 bits per heavy atom. The standard InChI is InChI=1S/C20H18FN3O3/c21-15-6-4-14(5-7-15)17-11-18(20(22)25)24-13-19(17)27-10-2-9-26-16-3-1-8-23-12-16/h1,3-8,11-13H,2,9-10H2,(H2,22,25). The first kappa shape index (κ1) is 18.3. The zero-order valence-corrected chi connectivity index (χ0v) is 14.5. The summed E-state index contributed by atoms with van der Waals surface area (Å²) in [6.45, 7) is 0.844. The Kier molecular flexibility index (Phi) is 5.94. The third-order valence-electron chi connectivity index (χ3n) is 3.72. The van der Waals surface area contributed by atoms with Gasteiger partial charge in [-0.1, -0.05) is 12.1 Å². The fraction of sp³-hybridized carbons (Fsp3) is 0.150. The number of carbonyl (C=O) groups is 1. The molecule has 6 nitrogen and oxygen atoms in total. The van der Waals surface area contributed by atoms with E-state index in [9.17, 15) is 9.18 Å². The molecule has 138 valence electrons. The van der Waals surface area contributed by atoms with Crippen LogP contribution in [0.1, 0.15) is 16.9 Å². The van der Waals surface area contributed by atoms with E-state index in [4.69, 9.17) is 15.2 Å². The van der Waals surface area contributed by atoms with E-state index in [1.54, 1.807) is 30.6 Å². The number of aromatic nitrogens is 2. The van der Waals surface area contributed by atoms with E-state index in [2.05, 4.69) is 9.97 Å². The molecule has 0 fully saturated rings. The molecule has 0 radical (unpaired) electrons. The van der Waals surface area contributed by atoms with E-state index in [-0.39, 0.29) is 11.5 Å². The van der Waals surface area contributed by atoms with Gasteiger partial charge in [0.15, 0.2) is 0 Å². The molecule has 2 aromatic heterocycles. The van der Waals surface area contributed by atoms with Crippen molar-refractivity contribution in [2.45, 2.75) is 6.42 Å². The van der Waals surface area contributed by atoms with Gasteiger partial charge in [0.2, 0.25) is 0 Å². The second kappa shape index (κ2) is 8.75. The fourth-order valence-corrected chi connectivity index (χ4v) is 2.41. The zero-order chi connectivity index (χ0) is 19.1. The Labute approximate surface area is 155 Å². The number of benzene rings is 1. The molecule has 0 aliphatic rings. The Bertz CT molecular complexity index is 902. The highest BCUT2D eigenvalue weighted by Gasteiger charge is 2.12. The van der Waals surface area contributed by atoms with E-state index in [0.717, 1.165) is 0 Å². The van der Waals surface area contributed by atoms with Crippen molar-refractivity contribution >= 4 is 5.91 Å². The maximum Gasteiger partial charge on any atom is 0.267 e. The lowest BCUT2D eigenvalue weighted by Crippen LogP contribution is -2.13. The number of pyridine rings is 2. The highest BCUT2D eigenvalue weighted by molar-refractivity contribution is 5.92. The van der Waals surface area contributed by atoms with Crippen LogP contribution in [0.3, 0.4) is 0 Å². The summed E-state index contributed by atoms with van der Waals surface area (Å²) in [5, 5.41) is 0. The lowest BCUT2D eigenvalue weighted by molar-refractivity contribution is 0.0995. The first-order valence-electron chi connectivity index (χ1n) is 8.35. The van der Waals surface area contributed by atoms with Crippen LogP contribution >= 0.6 is 0 Å². The molecule has 27 heavy (non-hydrogen) atoms. The number of nitrogens with two attached hydrogens (primary N) is 1. The van der Waals surface area contributed by atoms with Gasteiger partial charge in [0.1, 0.15) is 23.0 Å². The fourth-order valence-electron chi connectivity index (χ4n) is 2.41.